The molecule has 1 fully saturated rings. The maximum Gasteiger partial charge on any atom is 0.119 e. The second kappa shape index (κ2) is 7.46. The zero-order valence-corrected chi connectivity index (χ0v) is 13.1. The summed E-state index contributed by atoms with van der Waals surface area (Å²) in [6.45, 7) is 0.606. The fourth-order valence-corrected chi connectivity index (χ4v) is 3.29. The van der Waals surface area contributed by atoms with Gasteiger partial charge in [0, 0.05) is 6.04 Å². The highest BCUT2D eigenvalue weighted by Crippen LogP contribution is 2.33. The molecular weight excluding hydrogens is 270 g/mol. The summed E-state index contributed by atoms with van der Waals surface area (Å²) < 4.78 is 5.83. The van der Waals surface area contributed by atoms with Crippen molar-refractivity contribution < 1.29 is 4.74 Å². The van der Waals surface area contributed by atoms with Crippen LogP contribution in [0.25, 0.3) is 0 Å². The standard InChI is InChI=1S/C20H25NO/c21-20(17-9-5-2-6-10-17)18-11-13-19(14-12-18)22-15-16-7-3-1-4-8-16/h1,3-4,7-8,11-14,17,20H,2,5-6,9-10,15,21H2/t20-/m0/s1. The summed E-state index contributed by atoms with van der Waals surface area (Å²) in [5, 5.41) is 0. The normalized spacial score (nSPS) is 17.1. The zero-order valence-electron chi connectivity index (χ0n) is 13.1. The molecule has 0 spiro atoms. The third-order valence-electron chi connectivity index (χ3n) is 4.67. The van der Waals surface area contributed by atoms with Crippen LogP contribution in [-0.2, 0) is 6.61 Å². The van der Waals surface area contributed by atoms with Gasteiger partial charge in [-0.1, -0.05) is 61.7 Å². The molecule has 1 atom stereocenters. The minimum absolute atomic E-state index is 0.170. The Balaban J connectivity index is 1.57. The predicted molar refractivity (Wildman–Crippen MR) is 90.7 cm³/mol. The van der Waals surface area contributed by atoms with Crippen molar-refractivity contribution in [2.24, 2.45) is 11.7 Å². The van der Waals surface area contributed by atoms with Crippen molar-refractivity contribution >= 4 is 0 Å². The summed E-state index contributed by atoms with van der Waals surface area (Å²) in [7, 11) is 0. The summed E-state index contributed by atoms with van der Waals surface area (Å²) in [4.78, 5) is 0. The van der Waals surface area contributed by atoms with Crippen LogP contribution in [0.3, 0.4) is 0 Å². The lowest BCUT2D eigenvalue weighted by atomic mass is 9.81. The van der Waals surface area contributed by atoms with Crippen LogP contribution in [0.4, 0.5) is 0 Å². The van der Waals surface area contributed by atoms with Gasteiger partial charge in [-0.3, -0.25) is 0 Å². The summed E-state index contributed by atoms with van der Waals surface area (Å²) >= 11 is 0. The number of ether oxygens (including phenoxy) is 1. The van der Waals surface area contributed by atoms with Crippen molar-refractivity contribution in [1.82, 2.24) is 0 Å². The largest absolute Gasteiger partial charge is 0.489 e. The van der Waals surface area contributed by atoms with E-state index in [1.165, 1.54) is 43.2 Å². The molecule has 1 aliphatic carbocycles. The Morgan fingerprint density at radius 1 is 0.909 bits per heavy atom. The van der Waals surface area contributed by atoms with E-state index in [4.69, 9.17) is 10.5 Å². The molecule has 1 saturated carbocycles. The maximum atomic E-state index is 6.44. The highest BCUT2D eigenvalue weighted by molar-refractivity contribution is 5.30. The van der Waals surface area contributed by atoms with Crippen molar-refractivity contribution in [1.29, 1.82) is 0 Å². The number of rotatable bonds is 5. The molecule has 0 saturated heterocycles. The summed E-state index contributed by atoms with van der Waals surface area (Å²) in [5.74, 6) is 1.55. The van der Waals surface area contributed by atoms with Gasteiger partial charge in [0.1, 0.15) is 12.4 Å². The Bertz CT molecular complexity index is 558. The van der Waals surface area contributed by atoms with Gasteiger partial charge in [-0.05, 0) is 42.0 Å². The van der Waals surface area contributed by atoms with Crippen LogP contribution >= 0.6 is 0 Å². The number of hydrogen-bond acceptors (Lipinski definition) is 2. The SMILES string of the molecule is N[C@H](c1ccc(OCc2ccccc2)cc1)C1CCCCC1. The van der Waals surface area contributed by atoms with E-state index >= 15 is 0 Å². The number of benzene rings is 2. The first-order valence-corrected chi connectivity index (χ1v) is 8.35. The highest BCUT2D eigenvalue weighted by Gasteiger charge is 2.21. The third-order valence-corrected chi connectivity index (χ3v) is 4.67. The average Bonchev–Trinajstić information content (AvgIpc) is 2.61. The lowest BCUT2D eigenvalue weighted by Crippen LogP contribution is -2.23. The van der Waals surface area contributed by atoms with Crippen molar-refractivity contribution in [3.8, 4) is 5.75 Å². The predicted octanol–water partition coefficient (Wildman–Crippen LogP) is 4.85. The Kier molecular flexibility index (Phi) is 5.12. The molecule has 1 aliphatic rings. The second-order valence-corrected chi connectivity index (χ2v) is 6.27. The summed E-state index contributed by atoms with van der Waals surface area (Å²) in [6, 6.07) is 18.7. The lowest BCUT2D eigenvalue weighted by molar-refractivity contribution is 0.302. The molecule has 2 nitrogen and oxygen atoms in total. The quantitative estimate of drug-likeness (QED) is 0.856. The topological polar surface area (TPSA) is 35.2 Å². The minimum Gasteiger partial charge on any atom is -0.489 e. The highest BCUT2D eigenvalue weighted by atomic mass is 16.5. The first-order valence-electron chi connectivity index (χ1n) is 8.35. The van der Waals surface area contributed by atoms with Gasteiger partial charge in [0.25, 0.3) is 0 Å². The Morgan fingerprint density at radius 3 is 2.27 bits per heavy atom. The molecule has 116 valence electrons. The van der Waals surface area contributed by atoms with E-state index in [9.17, 15) is 0 Å². The molecule has 0 aromatic heterocycles. The Labute approximate surface area is 133 Å². The fraction of sp³-hybridized carbons (Fsp3) is 0.400. The molecule has 3 rings (SSSR count). The van der Waals surface area contributed by atoms with E-state index < -0.39 is 0 Å². The van der Waals surface area contributed by atoms with Crippen molar-refractivity contribution in [2.45, 2.75) is 44.8 Å². The van der Waals surface area contributed by atoms with Crippen LogP contribution in [0.15, 0.2) is 54.6 Å². The molecule has 22 heavy (non-hydrogen) atoms. The molecule has 0 unspecified atom stereocenters. The first kappa shape index (κ1) is 15.1. The molecule has 0 radical (unpaired) electrons. The van der Waals surface area contributed by atoms with Crippen molar-refractivity contribution in [2.75, 3.05) is 0 Å². The summed E-state index contributed by atoms with van der Waals surface area (Å²) in [5.41, 5.74) is 8.86. The first-order chi connectivity index (χ1) is 10.8. The van der Waals surface area contributed by atoms with Gasteiger partial charge in [0.15, 0.2) is 0 Å². The van der Waals surface area contributed by atoms with E-state index in [1.54, 1.807) is 0 Å². The van der Waals surface area contributed by atoms with E-state index in [0.717, 1.165) is 5.75 Å². The Morgan fingerprint density at radius 2 is 1.59 bits per heavy atom. The molecule has 2 heteroatoms. The molecule has 0 heterocycles. The molecule has 0 bridgehead atoms. The average molecular weight is 295 g/mol. The Hall–Kier alpha value is -1.80. The van der Waals surface area contributed by atoms with Crippen LogP contribution in [0.2, 0.25) is 0 Å². The smallest absolute Gasteiger partial charge is 0.119 e. The number of nitrogens with two attached hydrogens (primary N) is 1. The summed E-state index contributed by atoms with van der Waals surface area (Å²) in [6.07, 6.45) is 6.57. The number of hydrogen-bond donors (Lipinski definition) is 1. The second-order valence-electron chi connectivity index (χ2n) is 6.27. The molecule has 0 aliphatic heterocycles. The molecule has 2 N–H and O–H groups in total. The zero-order chi connectivity index (χ0) is 15.2. The van der Waals surface area contributed by atoms with Gasteiger partial charge in [-0.25, -0.2) is 0 Å². The molecule has 0 amide bonds. The van der Waals surface area contributed by atoms with Crippen LogP contribution in [0, 0.1) is 5.92 Å². The maximum absolute atomic E-state index is 6.44. The van der Waals surface area contributed by atoms with E-state index in [0.29, 0.717) is 12.5 Å². The lowest BCUT2D eigenvalue weighted by Gasteiger charge is -2.27. The van der Waals surface area contributed by atoms with Crippen molar-refractivity contribution in [3.05, 3.63) is 65.7 Å². The van der Waals surface area contributed by atoms with E-state index in [2.05, 4.69) is 24.3 Å². The van der Waals surface area contributed by atoms with Crippen LogP contribution in [0.5, 0.6) is 5.75 Å². The van der Waals surface area contributed by atoms with E-state index in [1.807, 2.05) is 30.3 Å². The van der Waals surface area contributed by atoms with Crippen LogP contribution < -0.4 is 10.5 Å². The minimum atomic E-state index is 0.170. The molecular formula is C20H25NO. The van der Waals surface area contributed by atoms with Gasteiger partial charge in [-0.15, -0.1) is 0 Å². The van der Waals surface area contributed by atoms with Gasteiger partial charge in [0.05, 0.1) is 0 Å². The van der Waals surface area contributed by atoms with Gasteiger partial charge >= 0.3 is 0 Å². The van der Waals surface area contributed by atoms with Crippen molar-refractivity contribution in [3.63, 3.8) is 0 Å². The van der Waals surface area contributed by atoms with Crippen LogP contribution in [0.1, 0.15) is 49.3 Å². The fourth-order valence-electron chi connectivity index (χ4n) is 3.29. The van der Waals surface area contributed by atoms with Gasteiger partial charge in [-0.2, -0.15) is 0 Å². The molecule has 2 aromatic carbocycles. The van der Waals surface area contributed by atoms with Crippen LogP contribution in [-0.4, -0.2) is 0 Å². The van der Waals surface area contributed by atoms with Gasteiger partial charge in [0.2, 0.25) is 0 Å². The third kappa shape index (κ3) is 3.89. The monoisotopic (exact) mass is 295 g/mol. The molecule has 2 aromatic rings. The van der Waals surface area contributed by atoms with Gasteiger partial charge < -0.3 is 10.5 Å². The van der Waals surface area contributed by atoms with E-state index in [-0.39, 0.29) is 6.04 Å².